The van der Waals surface area contributed by atoms with Crippen LogP contribution in [0.3, 0.4) is 0 Å². The fourth-order valence-electron chi connectivity index (χ4n) is 3.62. The number of morpholine rings is 1. The highest BCUT2D eigenvalue weighted by molar-refractivity contribution is 5.80. The number of para-hydroxylation sites is 2. The van der Waals surface area contributed by atoms with E-state index in [4.69, 9.17) is 14.5 Å². The van der Waals surface area contributed by atoms with Gasteiger partial charge in [0, 0.05) is 37.5 Å². The summed E-state index contributed by atoms with van der Waals surface area (Å²) in [5.41, 5.74) is 1.93. The molecule has 168 valence electrons. The van der Waals surface area contributed by atoms with Crippen LogP contribution in [0.1, 0.15) is 24.2 Å². The minimum atomic E-state index is -0.395. The number of hydrogen-bond donors (Lipinski definition) is 1. The molecule has 1 unspecified atom stereocenters. The predicted molar refractivity (Wildman–Crippen MR) is 121 cm³/mol. The molecule has 0 bridgehead atoms. The van der Waals surface area contributed by atoms with Crippen molar-refractivity contribution in [2.75, 3.05) is 26.2 Å². The highest BCUT2D eigenvalue weighted by Crippen LogP contribution is 2.28. The third-order valence-electron chi connectivity index (χ3n) is 5.23. The van der Waals surface area contributed by atoms with E-state index in [1.165, 1.54) is 6.07 Å². The number of rotatable bonds is 6. The zero-order valence-corrected chi connectivity index (χ0v) is 18.4. The molecule has 1 fully saturated rings. The van der Waals surface area contributed by atoms with Crippen LogP contribution in [-0.2, 0) is 18.3 Å². The van der Waals surface area contributed by atoms with E-state index < -0.39 is 5.82 Å². The van der Waals surface area contributed by atoms with E-state index in [-0.39, 0.29) is 11.9 Å². The molecule has 4 rings (SSSR count). The van der Waals surface area contributed by atoms with Gasteiger partial charge in [-0.3, -0.25) is 4.68 Å². The van der Waals surface area contributed by atoms with Gasteiger partial charge in [0.2, 0.25) is 0 Å². The van der Waals surface area contributed by atoms with Crippen molar-refractivity contribution in [1.29, 1.82) is 0 Å². The van der Waals surface area contributed by atoms with Gasteiger partial charge in [-0.2, -0.15) is 5.10 Å². The zero-order valence-electron chi connectivity index (χ0n) is 18.4. The lowest BCUT2D eigenvalue weighted by Crippen LogP contribution is -2.48. The third-order valence-corrected chi connectivity index (χ3v) is 5.23. The molecule has 0 saturated carbocycles. The molecule has 2 heterocycles. The van der Waals surface area contributed by atoms with Crippen LogP contribution in [0.2, 0.25) is 0 Å². The first-order valence-corrected chi connectivity index (χ1v) is 10.8. The van der Waals surface area contributed by atoms with Gasteiger partial charge < -0.3 is 19.7 Å². The average Bonchev–Trinajstić information content (AvgIpc) is 3.25. The first-order chi connectivity index (χ1) is 15.6. The first-order valence-electron chi connectivity index (χ1n) is 10.8. The Morgan fingerprint density at radius 2 is 2.00 bits per heavy atom. The van der Waals surface area contributed by atoms with Crippen molar-refractivity contribution >= 4 is 5.96 Å². The summed E-state index contributed by atoms with van der Waals surface area (Å²) in [5, 5.41) is 7.63. The lowest BCUT2D eigenvalue weighted by Gasteiger charge is -2.34. The lowest BCUT2D eigenvalue weighted by molar-refractivity contribution is -0.00805. The van der Waals surface area contributed by atoms with E-state index in [0.29, 0.717) is 25.4 Å². The van der Waals surface area contributed by atoms with Gasteiger partial charge in [0.1, 0.15) is 11.9 Å². The Bertz CT molecular complexity index is 1070. The van der Waals surface area contributed by atoms with E-state index in [9.17, 15) is 4.39 Å². The van der Waals surface area contributed by atoms with Crippen LogP contribution in [0.5, 0.6) is 11.5 Å². The molecular formula is C24H28FN5O2. The van der Waals surface area contributed by atoms with Crippen LogP contribution in [0.25, 0.3) is 0 Å². The second-order valence-corrected chi connectivity index (χ2v) is 7.56. The van der Waals surface area contributed by atoms with Gasteiger partial charge in [-0.05, 0) is 25.1 Å². The quantitative estimate of drug-likeness (QED) is 0.468. The van der Waals surface area contributed by atoms with E-state index in [0.717, 1.165) is 30.2 Å². The topological polar surface area (TPSA) is 63.9 Å². The monoisotopic (exact) mass is 437 g/mol. The van der Waals surface area contributed by atoms with Crippen molar-refractivity contribution in [1.82, 2.24) is 20.0 Å². The SMILES string of the molecule is CCNC(=NCc1ccccc1Oc1ccccc1F)N1CCOC(c2cnn(C)c2)C1. The summed E-state index contributed by atoms with van der Waals surface area (Å²) in [6, 6.07) is 14.0. The standard InChI is InChI=1S/C24H28FN5O2/c1-3-26-24(30-12-13-31-23(17-30)19-15-28-29(2)16-19)27-14-18-8-4-6-10-21(18)32-22-11-7-5-9-20(22)25/h4-11,15-16,23H,3,12-14,17H2,1-2H3,(H,26,27). The van der Waals surface area contributed by atoms with Gasteiger partial charge in [-0.25, -0.2) is 9.38 Å². The minimum Gasteiger partial charge on any atom is -0.454 e. The van der Waals surface area contributed by atoms with E-state index in [1.54, 1.807) is 22.9 Å². The molecule has 0 aliphatic carbocycles. The molecule has 1 aliphatic heterocycles. The fourth-order valence-corrected chi connectivity index (χ4v) is 3.62. The lowest BCUT2D eigenvalue weighted by atomic mass is 10.1. The summed E-state index contributed by atoms with van der Waals surface area (Å²) >= 11 is 0. The van der Waals surface area contributed by atoms with Crippen molar-refractivity contribution < 1.29 is 13.9 Å². The van der Waals surface area contributed by atoms with Crippen molar-refractivity contribution in [3.05, 3.63) is 77.9 Å². The van der Waals surface area contributed by atoms with Gasteiger partial charge >= 0.3 is 0 Å². The Labute approximate surface area is 187 Å². The maximum absolute atomic E-state index is 14.1. The molecule has 1 aliphatic rings. The van der Waals surface area contributed by atoms with E-state index in [1.807, 2.05) is 50.6 Å². The molecule has 1 saturated heterocycles. The van der Waals surface area contributed by atoms with Gasteiger partial charge in [0.25, 0.3) is 0 Å². The van der Waals surface area contributed by atoms with Crippen molar-refractivity contribution in [2.24, 2.45) is 12.0 Å². The zero-order chi connectivity index (χ0) is 22.3. The first kappa shape index (κ1) is 21.8. The maximum Gasteiger partial charge on any atom is 0.194 e. The van der Waals surface area contributed by atoms with Gasteiger partial charge in [0.05, 0.1) is 25.9 Å². The molecule has 8 heteroatoms. The van der Waals surface area contributed by atoms with Crippen molar-refractivity contribution in [2.45, 2.75) is 19.6 Å². The largest absolute Gasteiger partial charge is 0.454 e. The van der Waals surface area contributed by atoms with Gasteiger partial charge in [-0.1, -0.05) is 30.3 Å². The van der Waals surface area contributed by atoms with Crippen LogP contribution in [-0.4, -0.2) is 46.9 Å². The number of benzene rings is 2. The summed E-state index contributed by atoms with van der Waals surface area (Å²) in [4.78, 5) is 7.05. The second-order valence-electron chi connectivity index (χ2n) is 7.56. The Morgan fingerprint density at radius 3 is 2.75 bits per heavy atom. The number of ether oxygens (including phenoxy) is 2. The van der Waals surface area contributed by atoms with Crippen LogP contribution < -0.4 is 10.1 Å². The van der Waals surface area contributed by atoms with E-state index >= 15 is 0 Å². The highest BCUT2D eigenvalue weighted by Gasteiger charge is 2.25. The van der Waals surface area contributed by atoms with Crippen molar-refractivity contribution in [3.63, 3.8) is 0 Å². The Balaban J connectivity index is 1.51. The van der Waals surface area contributed by atoms with Crippen LogP contribution in [0.15, 0.2) is 65.9 Å². The molecule has 0 amide bonds. The highest BCUT2D eigenvalue weighted by atomic mass is 19.1. The van der Waals surface area contributed by atoms with Crippen LogP contribution in [0, 0.1) is 5.82 Å². The van der Waals surface area contributed by atoms with Gasteiger partial charge in [-0.15, -0.1) is 0 Å². The summed E-state index contributed by atoms with van der Waals surface area (Å²) < 4.78 is 27.6. The molecule has 2 aromatic carbocycles. The van der Waals surface area contributed by atoms with Gasteiger partial charge in [0.15, 0.2) is 17.5 Å². The fraction of sp³-hybridized carbons (Fsp3) is 0.333. The third kappa shape index (κ3) is 5.26. The molecular weight excluding hydrogens is 409 g/mol. The molecule has 1 aromatic heterocycles. The Kier molecular flexibility index (Phi) is 7.01. The molecule has 0 radical (unpaired) electrons. The smallest absolute Gasteiger partial charge is 0.194 e. The average molecular weight is 438 g/mol. The number of aromatic nitrogens is 2. The summed E-state index contributed by atoms with van der Waals surface area (Å²) in [5.74, 6) is 1.20. The number of guanidine groups is 1. The predicted octanol–water partition coefficient (Wildman–Crippen LogP) is 3.89. The Morgan fingerprint density at radius 1 is 1.22 bits per heavy atom. The number of nitrogens with zero attached hydrogens (tertiary/aromatic N) is 4. The summed E-state index contributed by atoms with van der Waals surface area (Å²) in [6.45, 7) is 5.24. The Hall–Kier alpha value is -3.39. The summed E-state index contributed by atoms with van der Waals surface area (Å²) in [6.07, 6.45) is 3.77. The molecule has 32 heavy (non-hydrogen) atoms. The number of aryl methyl sites for hydroxylation is 1. The molecule has 0 spiro atoms. The van der Waals surface area contributed by atoms with Crippen LogP contribution >= 0.6 is 0 Å². The molecule has 3 aromatic rings. The van der Waals surface area contributed by atoms with E-state index in [2.05, 4.69) is 15.3 Å². The van der Waals surface area contributed by atoms with Crippen molar-refractivity contribution in [3.8, 4) is 11.5 Å². The van der Waals surface area contributed by atoms with Crippen LogP contribution in [0.4, 0.5) is 4.39 Å². The molecule has 7 nitrogen and oxygen atoms in total. The second kappa shape index (κ2) is 10.3. The number of nitrogens with one attached hydrogen (secondary N) is 1. The molecule has 1 atom stereocenters. The summed E-state index contributed by atoms with van der Waals surface area (Å²) in [7, 11) is 1.90. The number of aliphatic imine (C=N–C) groups is 1. The maximum atomic E-state index is 14.1. The molecule has 1 N–H and O–H groups in total. The number of halogens is 1. The normalized spacial score (nSPS) is 16.8. The number of hydrogen-bond acceptors (Lipinski definition) is 4. The minimum absolute atomic E-state index is 0.0574.